The maximum atomic E-state index is 10.3. The van der Waals surface area contributed by atoms with E-state index in [-0.39, 0.29) is 0 Å². The smallest absolute Gasteiger partial charge is 0.115 e. The molecule has 1 aliphatic rings. The fraction of sp³-hybridized carbons (Fsp3) is 0.538. The number of hydrogen-bond acceptors (Lipinski definition) is 2. The molecule has 1 aromatic carbocycles. The molecule has 0 aliphatic carbocycles. The zero-order valence-corrected chi connectivity index (χ0v) is 9.36. The van der Waals surface area contributed by atoms with Gasteiger partial charge in [0.15, 0.2) is 0 Å². The van der Waals surface area contributed by atoms with Crippen LogP contribution in [0.15, 0.2) is 24.3 Å². The van der Waals surface area contributed by atoms with Crippen LogP contribution < -0.4 is 0 Å². The van der Waals surface area contributed by atoms with E-state index in [9.17, 15) is 5.11 Å². The van der Waals surface area contributed by atoms with Crippen LogP contribution in [0.25, 0.3) is 0 Å². The summed E-state index contributed by atoms with van der Waals surface area (Å²) in [5.74, 6) is 0.536. The summed E-state index contributed by atoms with van der Waals surface area (Å²) in [6.45, 7) is 5.42. The lowest BCUT2D eigenvalue weighted by Gasteiger charge is -2.21. The molecule has 2 heteroatoms. The summed E-state index contributed by atoms with van der Waals surface area (Å²) < 4.78 is 5.24. The topological polar surface area (TPSA) is 29.5 Å². The molecule has 1 heterocycles. The Balaban J connectivity index is 2.23. The highest BCUT2D eigenvalue weighted by Gasteiger charge is 2.33. The first-order valence-electron chi connectivity index (χ1n) is 5.52. The normalized spacial score (nSPS) is 26.1. The third kappa shape index (κ3) is 2.06. The van der Waals surface area contributed by atoms with Gasteiger partial charge < -0.3 is 9.84 Å². The largest absolute Gasteiger partial charge is 0.383 e. The van der Waals surface area contributed by atoms with Gasteiger partial charge >= 0.3 is 0 Å². The maximum Gasteiger partial charge on any atom is 0.115 e. The van der Waals surface area contributed by atoms with Crippen molar-refractivity contribution in [1.29, 1.82) is 0 Å². The van der Waals surface area contributed by atoms with Gasteiger partial charge in [0.1, 0.15) is 5.60 Å². The third-order valence-corrected chi connectivity index (χ3v) is 3.12. The highest BCUT2D eigenvalue weighted by molar-refractivity contribution is 5.29. The lowest BCUT2D eigenvalue weighted by Crippen LogP contribution is -2.25. The summed E-state index contributed by atoms with van der Waals surface area (Å²) >= 11 is 0. The lowest BCUT2D eigenvalue weighted by molar-refractivity contribution is 0.0232. The Morgan fingerprint density at radius 3 is 2.40 bits per heavy atom. The van der Waals surface area contributed by atoms with Crippen molar-refractivity contribution in [3.63, 3.8) is 0 Å². The minimum atomic E-state index is -0.754. The van der Waals surface area contributed by atoms with E-state index in [0.717, 1.165) is 5.56 Å². The molecule has 1 N–H and O–H groups in total. The molecule has 0 aromatic heterocycles. The molecule has 1 atom stereocenters. The van der Waals surface area contributed by atoms with Crippen LogP contribution in [-0.4, -0.2) is 18.3 Å². The number of hydrogen-bond donors (Lipinski definition) is 1. The van der Waals surface area contributed by atoms with E-state index in [0.29, 0.717) is 25.6 Å². The summed E-state index contributed by atoms with van der Waals surface area (Å²) in [5.41, 5.74) is 1.53. The molecule has 0 amide bonds. The molecular formula is C13H18O2. The maximum absolute atomic E-state index is 10.3. The van der Waals surface area contributed by atoms with Crippen molar-refractivity contribution in [2.75, 3.05) is 13.2 Å². The van der Waals surface area contributed by atoms with E-state index in [2.05, 4.69) is 26.0 Å². The van der Waals surface area contributed by atoms with Crippen LogP contribution in [0.3, 0.4) is 0 Å². The first kappa shape index (κ1) is 10.7. The van der Waals surface area contributed by atoms with Crippen LogP contribution in [0.5, 0.6) is 0 Å². The minimum absolute atomic E-state index is 0.425. The number of rotatable bonds is 2. The summed E-state index contributed by atoms with van der Waals surface area (Å²) in [6, 6.07) is 8.22. The van der Waals surface area contributed by atoms with Gasteiger partial charge in [-0.3, -0.25) is 0 Å². The Kier molecular flexibility index (Phi) is 2.81. The van der Waals surface area contributed by atoms with Crippen molar-refractivity contribution in [1.82, 2.24) is 0 Å². The molecule has 1 aromatic rings. The molecule has 15 heavy (non-hydrogen) atoms. The van der Waals surface area contributed by atoms with Crippen LogP contribution in [0.2, 0.25) is 0 Å². The van der Waals surface area contributed by atoms with E-state index < -0.39 is 5.60 Å². The van der Waals surface area contributed by atoms with Crippen molar-refractivity contribution >= 4 is 0 Å². The van der Waals surface area contributed by atoms with Crippen molar-refractivity contribution in [3.8, 4) is 0 Å². The van der Waals surface area contributed by atoms with E-state index in [1.807, 2.05) is 12.1 Å². The van der Waals surface area contributed by atoms with Gasteiger partial charge in [0.25, 0.3) is 0 Å². The van der Waals surface area contributed by atoms with Gasteiger partial charge in [-0.25, -0.2) is 0 Å². The van der Waals surface area contributed by atoms with Gasteiger partial charge in [0.05, 0.1) is 6.61 Å². The molecule has 1 aliphatic heterocycles. The fourth-order valence-electron chi connectivity index (χ4n) is 1.96. The molecule has 82 valence electrons. The monoisotopic (exact) mass is 206 g/mol. The van der Waals surface area contributed by atoms with Gasteiger partial charge in [-0.1, -0.05) is 38.1 Å². The summed E-state index contributed by atoms with van der Waals surface area (Å²) in [6.07, 6.45) is 0.702. The Morgan fingerprint density at radius 2 is 1.93 bits per heavy atom. The molecule has 0 bridgehead atoms. The summed E-state index contributed by atoms with van der Waals surface area (Å²) in [5, 5.41) is 10.3. The zero-order valence-electron chi connectivity index (χ0n) is 9.36. The van der Waals surface area contributed by atoms with Gasteiger partial charge in [-0.05, 0) is 17.0 Å². The van der Waals surface area contributed by atoms with Gasteiger partial charge in [0.2, 0.25) is 0 Å². The minimum Gasteiger partial charge on any atom is -0.383 e. The summed E-state index contributed by atoms with van der Waals surface area (Å²) in [4.78, 5) is 0. The molecule has 1 fully saturated rings. The predicted molar refractivity (Wildman–Crippen MR) is 59.9 cm³/mol. The number of ether oxygens (including phenoxy) is 1. The Bertz CT molecular complexity index is 321. The molecular weight excluding hydrogens is 188 g/mol. The van der Waals surface area contributed by atoms with E-state index in [1.165, 1.54) is 5.56 Å². The second-order valence-corrected chi connectivity index (χ2v) is 4.61. The zero-order chi connectivity index (χ0) is 10.9. The molecule has 0 saturated carbocycles. The van der Waals surface area contributed by atoms with E-state index in [4.69, 9.17) is 4.74 Å². The quantitative estimate of drug-likeness (QED) is 0.805. The van der Waals surface area contributed by atoms with Crippen molar-refractivity contribution in [3.05, 3.63) is 35.4 Å². The molecule has 2 nitrogen and oxygen atoms in total. The standard InChI is InChI=1S/C13H18O2/c1-10(2)11-3-5-12(6-4-11)13(14)7-8-15-9-13/h3-6,10,14H,7-9H2,1-2H3. The van der Waals surface area contributed by atoms with Crippen molar-refractivity contribution < 1.29 is 9.84 Å². The molecule has 1 unspecified atom stereocenters. The van der Waals surface area contributed by atoms with E-state index in [1.54, 1.807) is 0 Å². The Hall–Kier alpha value is -0.860. The molecule has 1 saturated heterocycles. The fourth-order valence-corrected chi connectivity index (χ4v) is 1.96. The Morgan fingerprint density at radius 1 is 1.27 bits per heavy atom. The molecule has 2 rings (SSSR count). The predicted octanol–water partition coefficient (Wildman–Crippen LogP) is 2.42. The Labute approximate surface area is 90.9 Å². The van der Waals surface area contributed by atoms with Gasteiger partial charge in [-0.2, -0.15) is 0 Å². The lowest BCUT2D eigenvalue weighted by atomic mass is 9.91. The van der Waals surface area contributed by atoms with Crippen LogP contribution in [0.1, 0.15) is 37.3 Å². The van der Waals surface area contributed by atoms with Crippen molar-refractivity contribution in [2.24, 2.45) is 0 Å². The highest BCUT2D eigenvalue weighted by Crippen LogP contribution is 2.30. The SMILES string of the molecule is CC(C)c1ccc(C2(O)CCOC2)cc1. The van der Waals surface area contributed by atoms with Crippen LogP contribution in [0, 0.1) is 0 Å². The highest BCUT2D eigenvalue weighted by atomic mass is 16.5. The van der Waals surface area contributed by atoms with Crippen LogP contribution in [0.4, 0.5) is 0 Å². The number of benzene rings is 1. The average Bonchev–Trinajstić information content (AvgIpc) is 2.67. The first-order chi connectivity index (χ1) is 7.12. The van der Waals surface area contributed by atoms with Gasteiger partial charge in [0, 0.05) is 13.0 Å². The third-order valence-electron chi connectivity index (χ3n) is 3.12. The van der Waals surface area contributed by atoms with Crippen molar-refractivity contribution in [2.45, 2.75) is 31.8 Å². The number of aliphatic hydroxyl groups is 1. The summed E-state index contributed by atoms with van der Waals surface area (Å²) in [7, 11) is 0. The molecule has 0 radical (unpaired) electrons. The second-order valence-electron chi connectivity index (χ2n) is 4.61. The molecule has 0 spiro atoms. The van der Waals surface area contributed by atoms with Crippen LogP contribution in [-0.2, 0) is 10.3 Å². The second kappa shape index (κ2) is 3.95. The first-order valence-corrected chi connectivity index (χ1v) is 5.52. The average molecular weight is 206 g/mol. The van der Waals surface area contributed by atoms with E-state index >= 15 is 0 Å². The van der Waals surface area contributed by atoms with Crippen LogP contribution >= 0.6 is 0 Å². The van der Waals surface area contributed by atoms with Gasteiger partial charge in [-0.15, -0.1) is 0 Å².